The molecular formula is C10H20N2O5. The van der Waals surface area contributed by atoms with Crippen molar-refractivity contribution < 1.29 is 24.9 Å². The number of aliphatic hydroxyl groups is 3. The first-order valence-electron chi connectivity index (χ1n) is 5.42. The molecule has 1 fully saturated rings. The normalized spacial score (nSPS) is 29.4. The first-order valence-corrected chi connectivity index (χ1v) is 5.42. The minimum Gasteiger partial charge on any atom is -0.394 e. The number of amides is 1. The molecule has 0 radical (unpaired) electrons. The summed E-state index contributed by atoms with van der Waals surface area (Å²) in [6, 6.07) is -0.448. The zero-order valence-corrected chi connectivity index (χ0v) is 9.85. The first-order chi connectivity index (χ1) is 7.94. The van der Waals surface area contributed by atoms with Gasteiger partial charge in [0.05, 0.1) is 38.4 Å². The summed E-state index contributed by atoms with van der Waals surface area (Å²) in [5.74, 6) is -0.445. The van der Waals surface area contributed by atoms with E-state index in [0.717, 1.165) is 0 Å². The monoisotopic (exact) mass is 248 g/mol. The molecule has 0 bridgehead atoms. The van der Waals surface area contributed by atoms with E-state index in [1.165, 1.54) is 0 Å². The topological polar surface area (TPSA) is 125 Å². The van der Waals surface area contributed by atoms with Gasteiger partial charge < -0.3 is 31.1 Å². The highest BCUT2D eigenvalue weighted by atomic mass is 16.5. The average molecular weight is 248 g/mol. The molecule has 0 aromatic rings. The second-order valence-corrected chi connectivity index (χ2v) is 4.75. The van der Waals surface area contributed by atoms with E-state index < -0.39 is 42.7 Å². The lowest BCUT2D eigenvalue weighted by Crippen LogP contribution is -2.62. The van der Waals surface area contributed by atoms with Crippen LogP contribution in [0.1, 0.15) is 6.92 Å². The molecule has 1 aliphatic rings. The number of ether oxygens (including phenoxy) is 1. The maximum Gasteiger partial charge on any atom is 0.230 e. The maximum absolute atomic E-state index is 12.1. The van der Waals surface area contributed by atoms with Crippen molar-refractivity contribution in [1.82, 2.24) is 5.32 Å². The highest BCUT2D eigenvalue weighted by Gasteiger charge is 2.46. The highest BCUT2D eigenvalue weighted by molar-refractivity contribution is 5.84. The van der Waals surface area contributed by atoms with Gasteiger partial charge in [-0.25, -0.2) is 0 Å². The van der Waals surface area contributed by atoms with Gasteiger partial charge in [-0.3, -0.25) is 4.79 Å². The third-order valence-corrected chi connectivity index (χ3v) is 3.32. The van der Waals surface area contributed by atoms with Crippen LogP contribution in [-0.4, -0.2) is 65.8 Å². The third-order valence-electron chi connectivity index (χ3n) is 3.32. The summed E-state index contributed by atoms with van der Waals surface area (Å²) < 4.78 is 5.14. The van der Waals surface area contributed by atoms with Gasteiger partial charge in [-0.1, -0.05) is 0 Å². The van der Waals surface area contributed by atoms with Gasteiger partial charge in [-0.15, -0.1) is 0 Å². The second-order valence-electron chi connectivity index (χ2n) is 4.75. The standard InChI is InChI=1S/C10H20N2O5/c1-9(6-17-2-7(9)11)8(16)12-10(3-13,4-14)5-15/h7,13-15H,2-6,11H2,1H3,(H,12,16). The van der Waals surface area contributed by atoms with E-state index in [9.17, 15) is 4.79 Å². The van der Waals surface area contributed by atoms with E-state index in [0.29, 0.717) is 0 Å². The van der Waals surface area contributed by atoms with Crippen LogP contribution < -0.4 is 11.1 Å². The lowest BCUT2D eigenvalue weighted by molar-refractivity contribution is -0.135. The molecule has 2 atom stereocenters. The fourth-order valence-corrected chi connectivity index (χ4v) is 1.58. The summed E-state index contributed by atoms with van der Waals surface area (Å²) >= 11 is 0. The van der Waals surface area contributed by atoms with Gasteiger partial charge in [0.25, 0.3) is 0 Å². The van der Waals surface area contributed by atoms with Gasteiger partial charge in [-0.2, -0.15) is 0 Å². The van der Waals surface area contributed by atoms with Gasteiger partial charge in [-0.05, 0) is 6.92 Å². The summed E-state index contributed by atoms with van der Waals surface area (Å²) in [4.78, 5) is 12.1. The van der Waals surface area contributed by atoms with Crippen LogP contribution in [0.15, 0.2) is 0 Å². The number of carbonyl (C=O) groups excluding carboxylic acids is 1. The molecule has 1 amide bonds. The predicted molar refractivity (Wildman–Crippen MR) is 59.0 cm³/mol. The molecule has 2 unspecified atom stereocenters. The molecule has 0 aromatic carbocycles. The third kappa shape index (κ3) is 2.58. The smallest absolute Gasteiger partial charge is 0.230 e. The summed E-state index contributed by atoms with van der Waals surface area (Å²) in [5.41, 5.74) is 3.44. The van der Waals surface area contributed by atoms with Crippen LogP contribution >= 0.6 is 0 Å². The zero-order chi connectivity index (χ0) is 13.1. The maximum atomic E-state index is 12.1. The van der Waals surface area contributed by atoms with Gasteiger partial charge in [0.2, 0.25) is 5.91 Å². The largest absolute Gasteiger partial charge is 0.394 e. The van der Waals surface area contributed by atoms with E-state index in [1.807, 2.05) is 0 Å². The van der Waals surface area contributed by atoms with Crippen molar-refractivity contribution in [2.75, 3.05) is 33.0 Å². The van der Waals surface area contributed by atoms with E-state index >= 15 is 0 Å². The summed E-state index contributed by atoms with van der Waals surface area (Å²) in [7, 11) is 0. The van der Waals surface area contributed by atoms with Crippen LogP contribution in [0.25, 0.3) is 0 Å². The van der Waals surface area contributed by atoms with E-state index in [4.69, 9.17) is 25.8 Å². The molecule has 100 valence electrons. The van der Waals surface area contributed by atoms with Crippen molar-refractivity contribution in [3.63, 3.8) is 0 Å². The molecule has 0 aliphatic carbocycles. The molecular weight excluding hydrogens is 228 g/mol. The van der Waals surface area contributed by atoms with E-state index in [1.54, 1.807) is 6.92 Å². The Morgan fingerprint density at radius 2 is 2.00 bits per heavy atom. The number of nitrogens with two attached hydrogens (primary N) is 1. The van der Waals surface area contributed by atoms with Crippen molar-refractivity contribution in [2.45, 2.75) is 18.5 Å². The molecule has 1 aliphatic heterocycles. The molecule has 0 saturated carbocycles. The molecule has 0 aromatic heterocycles. The minimum absolute atomic E-state index is 0.179. The molecule has 6 N–H and O–H groups in total. The summed E-state index contributed by atoms with van der Waals surface area (Å²) in [6.07, 6.45) is 0. The van der Waals surface area contributed by atoms with Crippen LogP contribution in [-0.2, 0) is 9.53 Å². The Bertz CT molecular complexity index is 274. The molecule has 1 rings (SSSR count). The quantitative estimate of drug-likeness (QED) is 0.357. The lowest BCUT2D eigenvalue weighted by Gasteiger charge is -2.34. The number of hydrogen-bond donors (Lipinski definition) is 5. The van der Waals surface area contributed by atoms with Crippen LogP contribution in [0.4, 0.5) is 0 Å². The van der Waals surface area contributed by atoms with Crippen molar-refractivity contribution in [1.29, 1.82) is 0 Å². The molecule has 7 heteroatoms. The van der Waals surface area contributed by atoms with Gasteiger partial charge >= 0.3 is 0 Å². The van der Waals surface area contributed by atoms with Crippen molar-refractivity contribution in [3.05, 3.63) is 0 Å². The van der Waals surface area contributed by atoms with Crippen LogP contribution in [0, 0.1) is 5.41 Å². The number of nitrogens with one attached hydrogen (secondary N) is 1. The Morgan fingerprint density at radius 1 is 1.47 bits per heavy atom. The van der Waals surface area contributed by atoms with Crippen molar-refractivity contribution in [3.8, 4) is 0 Å². The average Bonchev–Trinajstić information content (AvgIpc) is 2.68. The first kappa shape index (κ1) is 14.3. The van der Waals surface area contributed by atoms with Crippen molar-refractivity contribution in [2.24, 2.45) is 11.1 Å². The zero-order valence-electron chi connectivity index (χ0n) is 9.85. The Morgan fingerprint density at radius 3 is 2.35 bits per heavy atom. The lowest BCUT2D eigenvalue weighted by atomic mass is 9.83. The summed E-state index contributed by atoms with van der Waals surface area (Å²) in [6.45, 7) is 0.442. The van der Waals surface area contributed by atoms with Crippen molar-refractivity contribution >= 4 is 5.91 Å². The highest BCUT2D eigenvalue weighted by Crippen LogP contribution is 2.27. The Kier molecular flexibility index (Phi) is 4.45. The molecule has 1 heterocycles. The molecule has 17 heavy (non-hydrogen) atoms. The van der Waals surface area contributed by atoms with E-state index in [2.05, 4.69) is 5.32 Å². The molecule has 0 spiro atoms. The second kappa shape index (κ2) is 5.28. The SMILES string of the molecule is CC1(C(=O)NC(CO)(CO)CO)COCC1N. The predicted octanol–water partition coefficient (Wildman–Crippen LogP) is -2.82. The minimum atomic E-state index is -1.43. The molecule has 7 nitrogen and oxygen atoms in total. The number of hydrogen-bond acceptors (Lipinski definition) is 6. The Labute approximate surface area is 99.6 Å². The number of carbonyl (C=O) groups is 1. The van der Waals surface area contributed by atoms with E-state index in [-0.39, 0.29) is 13.2 Å². The van der Waals surface area contributed by atoms with Crippen LogP contribution in [0.3, 0.4) is 0 Å². The number of aliphatic hydroxyl groups excluding tert-OH is 3. The van der Waals surface area contributed by atoms with Crippen LogP contribution in [0.5, 0.6) is 0 Å². The Balaban J connectivity index is 2.77. The summed E-state index contributed by atoms with van der Waals surface area (Å²) in [5, 5.41) is 29.8. The van der Waals surface area contributed by atoms with Gasteiger partial charge in [0, 0.05) is 6.04 Å². The fraction of sp³-hybridized carbons (Fsp3) is 0.900. The molecule has 1 saturated heterocycles. The fourth-order valence-electron chi connectivity index (χ4n) is 1.58. The van der Waals surface area contributed by atoms with Gasteiger partial charge in [0.15, 0.2) is 0 Å². The Hall–Kier alpha value is -0.730. The van der Waals surface area contributed by atoms with Crippen LogP contribution in [0.2, 0.25) is 0 Å². The van der Waals surface area contributed by atoms with Gasteiger partial charge in [0.1, 0.15) is 5.54 Å². The number of rotatable bonds is 5.